The SMILES string of the molecule is COC(=O)c1sccc1NC(=O)[C@@H]1CCCCN1. The molecule has 0 radical (unpaired) electrons. The maximum Gasteiger partial charge on any atom is 0.350 e. The van der Waals surface area contributed by atoms with Crippen LogP contribution in [0.15, 0.2) is 11.4 Å². The second-order valence-electron chi connectivity index (χ2n) is 4.15. The summed E-state index contributed by atoms with van der Waals surface area (Å²) in [5.74, 6) is -0.504. The van der Waals surface area contributed by atoms with Crippen LogP contribution in [0.3, 0.4) is 0 Å². The number of hydrogen-bond acceptors (Lipinski definition) is 5. The van der Waals surface area contributed by atoms with Gasteiger partial charge in [-0.15, -0.1) is 11.3 Å². The van der Waals surface area contributed by atoms with Crippen molar-refractivity contribution in [1.29, 1.82) is 0 Å². The number of hydrogen-bond donors (Lipinski definition) is 2. The molecular formula is C12H16N2O3S. The van der Waals surface area contributed by atoms with Gasteiger partial charge in [0.2, 0.25) is 5.91 Å². The summed E-state index contributed by atoms with van der Waals surface area (Å²) in [7, 11) is 1.33. The van der Waals surface area contributed by atoms with Gasteiger partial charge in [-0.05, 0) is 30.8 Å². The third-order valence-corrected chi connectivity index (χ3v) is 3.82. The van der Waals surface area contributed by atoms with Crippen LogP contribution in [-0.4, -0.2) is 31.6 Å². The number of nitrogens with one attached hydrogen (secondary N) is 2. The fourth-order valence-corrected chi connectivity index (χ4v) is 2.72. The van der Waals surface area contributed by atoms with E-state index in [2.05, 4.69) is 15.4 Å². The lowest BCUT2D eigenvalue weighted by Gasteiger charge is -2.22. The molecule has 0 saturated carbocycles. The highest BCUT2D eigenvalue weighted by molar-refractivity contribution is 7.12. The van der Waals surface area contributed by atoms with Crippen molar-refractivity contribution in [2.45, 2.75) is 25.3 Å². The van der Waals surface area contributed by atoms with Gasteiger partial charge in [0.25, 0.3) is 0 Å². The molecule has 2 N–H and O–H groups in total. The zero-order chi connectivity index (χ0) is 13.0. The van der Waals surface area contributed by atoms with Gasteiger partial charge in [0.05, 0.1) is 18.8 Å². The van der Waals surface area contributed by atoms with Crippen LogP contribution in [0.2, 0.25) is 0 Å². The Morgan fingerprint density at radius 1 is 1.50 bits per heavy atom. The second kappa shape index (κ2) is 5.97. The Labute approximate surface area is 110 Å². The third kappa shape index (κ3) is 2.88. The van der Waals surface area contributed by atoms with Crippen molar-refractivity contribution < 1.29 is 14.3 Å². The first kappa shape index (κ1) is 13.0. The molecule has 5 nitrogen and oxygen atoms in total. The molecule has 2 rings (SSSR count). The van der Waals surface area contributed by atoms with E-state index in [9.17, 15) is 9.59 Å². The number of ether oxygens (including phenoxy) is 1. The quantitative estimate of drug-likeness (QED) is 0.817. The molecule has 1 fully saturated rings. The van der Waals surface area contributed by atoms with Crippen molar-refractivity contribution in [1.82, 2.24) is 5.32 Å². The van der Waals surface area contributed by atoms with Crippen LogP contribution in [0.1, 0.15) is 28.9 Å². The van der Waals surface area contributed by atoms with Gasteiger partial charge >= 0.3 is 5.97 Å². The molecule has 2 heterocycles. The fraction of sp³-hybridized carbons (Fsp3) is 0.500. The number of anilines is 1. The van der Waals surface area contributed by atoms with Gasteiger partial charge in [-0.25, -0.2) is 4.79 Å². The minimum atomic E-state index is -0.420. The van der Waals surface area contributed by atoms with E-state index in [0.717, 1.165) is 25.8 Å². The molecule has 0 unspecified atom stereocenters. The van der Waals surface area contributed by atoms with E-state index >= 15 is 0 Å². The van der Waals surface area contributed by atoms with Gasteiger partial charge in [-0.2, -0.15) is 0 Å². The summed E-state index contributed by atoms with van der Waals surface area (Å²) >= 11 is 1.26. The first-order valence-electron chi connectivity index (χ1n) is 5.92. The lowest BCUT2D eigenvalue weighted by atomic mass is 10.0. The monoisotopic (exact) mass is 268 g/mol. The van der Waals surface area contributed by atoms with Gasteiger partial charge in [0.1, 0.15) is 4.88 Å². The summed E-state index contributed by atoms with van der Waals surface area (Å²) in [4.78, 5) is 23.9. The molecule has 0 spiro atoms. The van der Waals surface area contributed by atoms with Crippen LogP contribution < -0.4 is 10.6 Å². The Bertz CT molecular complexity index is 438. The topological polar surface area (TPSA) is 67.4 Å². The first-order chi connectivity index (χ1) is 8.72. The largest absolute Gasteiger partial charge is 0.465 e. The van der Waals surface area contributed by atoms with Crippen LogP contribution in [0.25, 0.3) is 0 Å². The smallest absolute Gasteiger partial charge is 0.350 e. The lowest BCUT2D eigenvalue weighted by molar-refractivity contribution is -0.118. The van der Waals surface area contributed by atoms with Gasteiger partial charge in [-0.3, -0.25) is 4.79 Å². The molecule has 98 valence electrons. The van der Waals surface area contributed by atoms with E-state index in [4.69, 9.17) is 0 Å². The van der Waals surface area contributed by atoms with Crippen molar-refractivity contribution >= 4 is 28.9 Å². The van der Waals surface area contributed by atoms with Crippen LogP contribution in [-0.2, 0) is 9.53 Å². The third-order valence-electron chi connectivity index (χ3n) is 2.92. The summed E-state index contributed by atoms with van der Waals surface area (Å²) in [6.45, 7) is 0.867. The van der Waals surface area contributed by atoms with Crippen molar-refractivity contribution in [2.75, 3.05) is 19.0 Å². The van der Waals surface area contributed by atoms with Crippen molar-refractivity contribution in [2.24, 2.45) is 0 Å². The average molecular weight is 268 g/mol. The molecule has 1 amide bonds. The Morgan fingerprint density at radius 3 is 3.00 bits per heavy atom. The highest BCUT2D eigenvalue weighted by Crippen LogP contribution is 2.23. The van der Waals surface area contributed by atoms with Crippen LogP contribution in [0, 0.1) is 0 Å². The van der Waals surface area contributed by atoms with E-state index in [1.807, 2.05) is 0 Å². The highest BCUT2D eigenvalue weighted by Gasteiger charge is 2.22. The standard InChI is InChI=1S/C12H16N2O3S/c1-17-12(16)10-8(5-7-18-10)14-11(15)9-4-2-3-6-13-9/h5,7,9,13H,2-4,6H2,1H3,(H,14,15)/t9-/m0/s1. The van der Waals surface area contributed by atoms with Crippen LogP contribution >= 0.6 is 11.3 Å². The first-order valence-corrected chi connectivity index (χ1v) is 6.80. The molecule has 6 heteroatoms. The Morgan fingerprint density at radius 2 is 2.33 bits per heavy atom. The van der Waals surface area contributed by atoms with Crippen molar-refractivity contribution in [3.05, 3.63) is 16.3 Å². The molecule has 18 heavy (non-hydrogen) atoms. The van der Waals surface area contributed by atoms with Crippen LogP contribution in [0.4, 0.5) is 5.69 Å². The van der Waals surface area contributed by atoms with Crippen molar-refractivity contribution in [3.63, 3.8) is 0 Å². The molecule has 1 saturated heterocycles. The summed E-state index contributed by atoms with van der Waals surface area (Å²) in [5, 5.41) is 7.71. The van der Waals surface area contributed by atoms with E-state index in [-0.39, 0.29) is 11.9 Å². The average Bonchev–Trinajstić information content (AvgIpc) is 2.87. The number of thiophene rings is 1. The second-order valence-corrected chi connectivity index (χ2v) is 5.06. The molecule has 1 aliphatic rings. The summed E-state index contributed by atoms with van der Waals surface area (Å²) < 4.78 is 4.67. The Kier molecular flexibility index (Phi) is 4.33. The van der Waals surface area contributed by atoms with Gasteiger partial charge in [-0.1, -0.05) is 6.42 Å². The Hall–Kier alpha value is -1.40. The Balaban J connectivity index is 2.02. The van der Waals surface area contributed by atoms with E-state index in [1.54, 1.807) is 11.4 Å². The fourth-order valence-electron chi connectivity index (χ4n) is 1.95. The zero-order valence-electron chi connectivity index (χ0n) is 10.2. The van der Waals surface area contributed by atoms with E-state index in [1.165, 1.54) is 18.4 Å². The predicted octanol–water partition coefficient (Wildman–Crippen LogP) is 1.62. The van der Waals surface area contributed by atoms with Gasteiger partial charge in [0, 0.05) is 0 Å². The summed E-state index contributed by atoms with van der Waals surface area (Å²) in [6, 6.07) is 1.56. The minimum Gasteiger partial charge on any atom is -0.465 e. The maximum atomic E-state index is 12.0. The van der Waals surface area contributed by atoms with E-state index < -0.39 is 5.97 Å². The lowest BCUT2D eigenvalue weighted by Crippen LogP contribution is -2.43. The number of carbonyl (C=O) groups is 2. The molecule has 0 aromatic carbocycles. The number of piperidine rings is 1. The molecule has 0 aliphatic carbocycles. The molecule has 1 aliphatic heterocycles. The highest BCUT2D eigenvalue weighted by atomic mass is 32.1. The van der Waals surface area contributed by atoms with Gasteiger partial charge in [0.15, 0.2) is 0 Å². The number of carbonyl (C=O) groups excluding carboxylic acids is 2. The zero-order valence-corrected chi connectivity index (χ0v) is 11.0. The minimum absolute atomic E-state index is 0.0850. The number of rotatable bonds is 3. The normalized spacial score (nSPS) is 19.3. The molecule has 0 bridgehead atoms. The molecule has 1 atom stereocenters. The molecule has 1 aromatic rings. The maximum absolute atomic E-state index is 12.0. The summed E-state index contributed by atoms with van der Waals surface area (Å²) in [6.07, 6.45) is 3.00. The number of amides is 1. The number of esters is 1. The van der Waals surface area contributed by atoms with Crippen molar-refractivity contribution in [3.8, 4) is 0 Å². The van der Waals surface area contributed by atoms with E-state index in [0.29, 0.717) is 10.6 Å². The molecular weight excluding hydrogens is 252 g/mol. The molecule has 1 aromatic heterocycles. The van der Waals surface area contributed by atoms with Crippen LogP contribution in [0.5, 0.6) is 0 Å². The number of methoxy groups -OCH3 is 1. The van der Waals surface area contributed by atoms with Gasteiger partial charge < -0.3 is 15.4 Å². The summed E-state index contributed by atoms with van der Waals surface area (Å²) in [5.41, 5.74) is 0.532. The predicted molar refractivity (Wildman–Crippen MR) is 69.9 cm³/mol.